The minimum Gasteiger partial charge on any atom is -0.465 e. The number of anilines is 1. The SMILES string of the molecule is COC(=O)c1sccc1N/N=C/c1ccc(F)cc1. The molecular weight excluding hydrogens is 267 g/mol. The fourth-order valence-electron chi connectivity index (χ4n) is 1.37. The quantitative estimate of drug-likeness (QED) is 0.531. The maximum Gasteiger partial charge on any atom is 0.350 e. The third-order valence-corrected chi connectivity index (χ3v) is 3.20. The molecule has 4 nitrogen and oxygen atoms in total. The van der Waals surface area contributed by atoms with Crippen molar-refractivity contribution in [2.24, 2.45) is 5.10 Å². The Morgan fingerprint density at radius 1 is 1.37 bits per heavy atom. The van der Waals surface area contributed by atoms with Gasteiger partial charge in [-0.25, -0.2) is 9.18 Å². The van der Waals surface area contributed by atoms with E-state index in [0.717, 1.165) is 5.56 Å². The molecular formula is C13H11FN2O2S. The molecule has 0 spiro atoms. The Bertz CT molecular complexity index is 593. The molecule has 6 heteroatoms. The summed E-state index contributed by atoms with van der Waals surface area (Å²) in [5.74, 6) is -0.703. The van der Waals surface area contributed by atoms with Crippen LogP contribution < -0.4 is 5.43 Å². The Hall–Kier alpha value is -2.21. The van der Waals surface area contributed by atoms with Crippen molar-refractivity contribution in [1.29, 1.82) is 0 Å². The number of benzene rings is 1. The predicted octanol–water partition coefficient (Wildman–Crippen LogP) is 3.12. The molecule has 0 fully saturated rings. The molecule has 1 N–H and O–H groups in total. The summed E-state index contributed by atoms with van der Waals surface area (Å²) in [5, 5.41) is 5.76. The lowest BCUT2D eigenvalue weighted by Crippen LogP contribution is -2.01. The van der Waals surface area contributed by atoms with Gasteiger partial charge in [-0.1, -0.05) is 12.1 Å². The van der Waals surface area contributed by atoms with Gasteiger partial charge in [0.2, 0.25) is 0 Å². The van der Waals surface area contributed by atoms with Crippen molar-refractivity contribution in [3.8, 4) is 0 Å². The molecule has 19 heavy (non-hydrogen) atoms. The molecule has 1 heterocycles. The average molecular weight is 278 g/mol. The highest BCUT2D eigenvalue weighted by Crippen LogP contribution is 2.22. The number of carbonyl (C=O) groups is 1. The van der Waals surface area contributed by atoms with E-state index in [1.54, 1.807) is 23.6 Å². The van der Waals surface area contributed by atoms with Crippen molar-refractivity contribution in [1.82, 2.24) is 0 Å². The van der Waals surface area contributed by atoms with Crippen LogP contribution in [0.5, 0.6) is 0 Å². The smallest absolute Gasteiger partial charge is 0.350 e. The molecule has 0 aliphatic rings. The highest BCUT2D eigenvalue weighted by molar-refractivity contribution is 7.12. The van der Waals surface area contributed by atoms with Crippen molar-refractivity contribution < 1.29 is 13.9 Å². The molecule has 98 valence electrons. The largest absolute Gasteiger partial charge is 0.465 e. The van der Waals surface area contributed by atoms with E-state index in [4.69, 9.17) is 0 Å². The third kappa shape index (κ3) is 3.38. The fourth-order valence-corrected chi connectivity index (χ4v) is 2.13. The molecule has 0 unspecified atom stereocenters. The van der Waals surface area contributed by atoms with Gasteiger partial charge in [0, 0.05) is 0 Å². The second kappa shape index (κ2) is 6.10. The van der Waals surface area contributed by atoms with Crippen LogP contribution in [0.1, 0.15) is 15.2 Å². The van der Waals surface area contributed by atoms with E-state index in [1.807, 2.05) is 0 Å². The topological polar surface area (TPSA) is 50.7 Å². The summed E-state index contributed by atoms with van der Waals surface area (Å²) in [5.41, 5.74) is 4.09. The number of hydrogen-bond donors (Lipinski definition) is 1. The molecule has 1 aromatic carbocycles. The number of halogens is 1. The maximum absolute atomic E-state index is 12.7. The normalized spacial score (nSPS) is 10.6. The van der Waals surface area contributed by atoms with Gasteiger partial charge in [-0.2, -0.15) is 5.10 Å². The van der Waals surface area contributed by atoms with Crippen molar-refractivity contribution >= 4 is 29.2 Å². The van der Waals surface area contributed by atoms with Crippen molar-refractivity contribution in [3.63, 3.8) is 0 Å². The van der Waals surface area contributed by atoms with E-state index < -0.39 is 5.97 Å². The first-order valence-corrected chi connectivity index (χ1v) is 6.29. The monoisotopic (exact) mass is 278 g/mol. The number of ether oxygens (including phenoxy) is 1. The van der Waals surface area contributed by atoms with E-state index in [9.17, 15) is 9.18 Å². The summed E-state index contributed by atoms with van der Waals surface area (Å²) in [6.45, 7) is 0. The number of carbonyl (C=O) groups excluding carboxylic acids is 1. The van der Waals surface area contributed by atoms with E-state index in [0.29, 0.717) is 10.6 Å². The van der Waals surface area contributed by atoms with Gasteiger partial charge in [-0.15, -0.1) is 11.3 Å². The number of rotatable bonds is 4. The highest BCUT2D eigenvalue weighted by atomic mass is 32.1. The number of thiophene rings is 1. The number of hydrogen-bond acceptors (Lipinski definition) is 5. The first-order valence-electron chi connectivity index (χ1n) is 5.41. The first kappa shape index (κ1) is 13.2. The summed E-state index contributed by atoms with van der Waals surface area (Å²) in [6, 6.07) is 7.65. The van der Waals surface area contributed by atoms with E-state index >= 15 is 0 Å². The summed E-state index contributed by atoms with van der Waals surface area (Å²) >= 11 is 1.27. The molecule has 0 radical (unpaired) electrons. The lowest BCUT2D eigenvalue weighted by molar-refractivity contribution is 0.0607. The minimum atomic E-state index is -0.408. The fraction of sp³-hybridized carbons (Fsp3) is 0.0769. The number of methoxy groups -OCH3 is 1. The molecule has 1 aromatic heterocycles. The Kier molecular flexibility index (Phi) is 4.25. The second-order valence-corrected chi connectivity index (χ2v) is 4.49. The van der Waals surface area contributed by atoms with Crippen molar-refractivity contribution in [2.75, 3.05) is 12.5 Å². The lowest BCUT2D eigenvalue weighted by Gasteiger charge is -2.00. The zero-order chi connectivity index (χ0) is 13.7. The van der Waals surface area contributed by atoms with Gasteiger partial charge in [0.1, 0.15) is 10.7 Å². The molecule has 2 aromatic rings. The zero-order valence-electron chi connectivity index (χ0n) is 10.1. The zero-order valence-corrected chi connectivity index (χ0v) is 10.9. The van der Waals surface area contributed by atoms with Crippen molar-refractivity contribution in [2.45, 2.75) is 0 Å². The summed E-state index contributed by atoms with van der Waals surface area (Å²) in [7, 11) is 1.33. The summed E-state index contributed by atoms with van der Waals surface area (Å²) < 4.78 is 17.4. The number of esters is 1. The van der Waals surface area contributed by atoms with Crippen LogP contribution in [0.15, 0.2) is 40.8 Å². The van der Waals surface area contributed by atoms with Gasteiger partial charge in [0.05, 0.1) is 19.0 Å². The minimum absolute atomic E-state index is 0.295. The van der Waals surface area contributed by atoms with Crippen LogP contribution in [0.4, 0.5) is 10.1 Å². The average Bonchev–Trinajstić information content (AvgIpc) is 2.88. The van der Waals surface area contributed by atoms with Crippen LogP contribution in [-0.2, 0) is 4.74 Å². The van der Waals surface area contributed by atoms with Gasteiger partial charge in [-0.05, 0) is 29.1 Å². The van der Waals surface area contributed by atoms with Crippen LogP contribution in [-0.4, -0.2) is 19.3 Å². The van der Waals surface area contributed by atoms with Crippen molar-refractivity contribution in [3.05, 3.63) is 52.0 Å². The van der Waals surface area contributed by atoms with Crippen LogP contribution >= 0.6 is 11.3 Å². The van der Waals surface area contributed by atoms with E-state index in [1.165, 1.54) is 36.8 Å². The van der Waals surface area contributed by atoms with Crippen LogP contribution in [0.3, 0.4) is 0 Å². The highest BCUT2D eigenvalue weighted by Gasteiger charge is 2.12. The van der Waals surface area contributed by atoms with Crippen LogP contribution in [0, 0.1) is 5.82 Å². The predicted molar refractivity (Wildman–Crippen MR) is 73.3 cm³/mol. The van der Waals surface area contributed by atoms with E-state index in [-0.39, 0.29) is 5.82 Å². The molecule has 0 aliphatic carbocycles. The molecule has 2 rings (SSSR count). The van der Waals surface area contributed by atoms with Gasteiger partial charge in [0.25, 0.3) is 0 Å². The Morgan fingerprint density at radius 3 is 2.79 bits per heavy atom. The van der Waals surface area contributed by atoms with E-state index in [2.05, 4.69) is 15.3 Å². The summed E-state index contributed by atoms with van der Waals surface area (Å²) in [4.78, 5) is 11.9. The van der Waals surface area contributed by atoms with Gasteiger partial charge in [0.15, 0.2) is 0 Å². The van der Waals surface area contributed by atoms with Gasteiger partial charge in [-0.3, -0.25) is 5.43 Å². The summed E-state index contributed by atoms with van der Waals surface area (Å²) in [6.07, 6.45) is 1.54. The lowest BCUT2D eigenvalue weighted by atomic mass is 10.2. The van der Waals surface area contributed by atoms with Crippen LogP contribution in [0.2, 0.25) is 0 Å². The Balaban J connectivity index is 2.04. The van der Waals surface area contributed by atoms with Gasteiger partial charge < -0.3 is 4.74 Å². The number of hydrazone groups is 1. The molecule has 0 saturated heterocycles. The Labute approximate surface area is 113 Å². The molecule has 0 bridgehead atoms. The molecule has 0 amide bonds. The van der Waals surface area contributed by atoms with Crippen LogP contribution in [0.25, 0.3) is 0 Å². The molecule has 0 saturated carbocycles. The maximum atomic E-state index is 12.7. The first-order chi connectivity index (χ1) is 9.20. The number of nitrogens with zero attached hydrogens (tertiary/aromatic N) is 1. The Morgan fingerprint density at radius 2 is 2.11 bits per heavy atom. The molecule has 0 atom stereocenters. The third-order valence-electron chi connectivity index (χ3n) is 2.30. The van der Waals surface area contributed by atoms with Gasteiger partial charge >= 0.3 is 5.97 Å². The molecule has 0 aliphatic heterocycles. The number of nitrogens with one attached hydrogen (secondary N) is 1. The standard InChI is InChI=1S/C13H11FN2O2S/c1-18-13(17)12-11(6-7-19-12)16-15-8-9-2-4-10(14)5-3-9/h2-8,16H,1H3/b15-8+. The second-order valence-electron chi connectivity index (χ2n) is 3.58.